The number of carbonyl (C=O) groups is 1. The Morgan fingerprint density at radius 1 is 1.25 bits per heavy atom. The number of halogens is 1. The molecule has 2 aromatic carbocycles. The lowest BCUT2D eigenvalue weighted by Crippen LogP contribution is -1.97. The third-order valence-electron chi connectivity index (χ3n) is 2.41. The Kier molecular flexibility index (Phi) is 2.83. The smallest absolute Gasteiger partial charge is 0.336 e. The predicted octanol–water partition coefficient (Wildman–Crippen LogP) is 3.31. The van der Waals surface area contributed by atoms with Crippen LogP contribution in [-0.4, -0.2) is 18.2 Å². The van der Waals surface area contributed by atoms with Gasteiger partial charge < -0.3 is 9.84 Å². The van der Waals surface area contributed by atoms with Gasteiger partial charge in [-0.3, -0.25) is 0 Å². The highest BCUT2D eigenvalue weighted by Crippen LogP contribution is 2.34. The molecule has 0 unspecified atom stereocenters. The first kappa shape index (κ1) is 11.0. The van der Waals surface area contributed by atoms with Crippen molar-refractivity contribution in [3.8, 4) is 5.75 Å². The number of methoxy groups -OCH3 is 1. The van der Waals surface area contributed by atoms with Crippen molar-refractivity contribution >= 4 is 32.7 Å². The van der Waals surface area contributed by atoms with Crippen LogP contribution in [0.15, 0.2) is 34.8 Å². The van der Waals surface area contributed by atoms with E-state index in [0.29, 0.717) is 16.7 Å². The van der Waals surface area contributed by atoms with Crippen molar-refractivity contribution in [1.82, 2.24) is 0 Å². The Hall–Kier alpha value is -1.55. The molecule has 0 atom stereocenters. The van der Waals surface area contributed by atoms with Gasteiger partial charge >= 0.3 is 5.97 Å². The van der Waals surface area contributed by atoms with E-state index in [-0.39, 0.29) is 0 Å². The molecular weight excluding hydrogens is 272 g/mol. The second kappa shape index (κ2) is 4.14. The molecule has 0 radical (unpaired) electrons. The van der Waals surface area contributed by atoms with Gasteiger partial charge in [0.15, 0.2) is 0 Å². The topological polar surface area (TPSA) is 46.5 Å². The molecule has 2 aromatic rings. The van der Waals surface area contributed by atoms with Gasteiger partial charge in [-0.1, -0.05) is 12.1 Å². The number of carboxylic acids is 1. The van der Waals surface area contributed by atoms with E-state index in [0.717, 1.165) is 9.86 Å². The molecule has 0 heterocycles. The van der Waals surface area contributed by atoms with E-state index in [1.165, 1.54) is 0 Å². The van der Waals surface area contributed by atoms with Crippen LogP contribution in [0.4, 0.5) is 0 Å². The van der Waals surface area contributed by atoms with Gasteiger partial charge in [0.25, 0.3) is 0 Å². The molecule has 0 aliphatic rings. The van der Waals surface area contributed by atoms with Crippen molar-refractivity contribution in [3.05, 3.63) is 40.4 Å². The van der Waals surface area contributed by atoms with E-state index in [9.17, 15) is 4.79 Å². The first-order chi connectivity index (χ1) is 7.65. The normalized spacial score (nSPS) is 10.4. The van der Waals surface area contributed by atoms with E-state index in [1.807, 2.05) is 6.07 Å². The molecule has 0 fully saturated rings. The Labute approximate surface area is 101 Å². The summed E-state index contributed by atoms with van der Waals surface area (Å²) in [6.45, 7) is 0. The van der Waals surface area contributed by atoms with Gasteiger partial charge in [0.05, 0.1) is 17.1 Å². The lowest BCUT2D eigenvalue weighted by atomic mass is 10.0. The minimum Gasteiger partial charge on any atom is -0.496 e. The molecular formula is C12H9BrO3. The van der Waals surface area contributed by atoms with E-state index < -0.39 is 5.97 Å². The Morgan fingerprint density at radius 2 is 2.00 bits per heavy atom. The average Bonchev–Trinajstić information content (AvgIpc) is 2.29. The van der Waals surface area contributed by atoms with E-state index in [4.69, 9.17) is 9.84 Å². The van der Waals surface area contributed by atoms with Gasteiger partial charge in [-0.15, -0.1) is 0 Å². The molecule has 82 valence electrons. The van der Waals surface area contributed by atoms with Crippen LogP contribution in [0.2, 0.25) is 0 Å². The van der Waals surface area contributed by atoms with Crippen LogP contribution in [0.25, 0.3) is 10.8 Å². The third kappa shape index (κ3) is 1.65. The summed E-state index contributed by atoms with van der Waals surface area (Å²) in [4.78, 5) is 11.0. The van der Waals surface area contributed by atoms with Crippen LogP contribution >= 0.6 is 15.9 Å². The monoisotopic (exact) mass is 280 g/mol. The van der Waals surface area contributed by atoms with E-state index in [2.05, 4.69) is 15.9 Å². The summed E-state index contributed by atoms with van der Waals surface area (Å²) >= 11 is 3.41. The highest BCUT2D eigenvalue weighted by Gasteiger charge is 2.11. The Balaban J connectivity index is 2.82. The Bertz CT molecular complexity index is 563. The molecule has 3 nitrogen and oxygen atoms in total. The van der Waals surface area contributed by atoms with Crippen molar-refractivity contribution in [2.24, 2.45) is 0 Å². The van der Waals surface area contributed by atoms with Crippen LogP contribution in [0, 0.1) is 0 Å². The minimum absolute atomic E-state index is 0.292. The first-order valence-corrected chi connectivity index (χ1v) is 5.43. The summed E-state index contributed by atoms with van der Waals surface area (Å²) < 4.78 is 5.93. The van der Waals surface area contributed by atoms with Crippen molar-refractivity contribution in [2.75, 3.05) is 7.11 Å². The molecule has 0 amide bonds. The molecule has 0 aromatic heterocycles. The van der Waals surface area contributed by atoms with Crippen molar-refractivity contribution in [2.45, 2.75) is 0 Å². The summed E-state index contributed by atoms with van der Waals surface area (Å²) in [5.41, 5.74) is 0.292. The van der Waals surface area contributed by atoms with Gasteiger partial charge in [0.1, 0.15) is 5.75 Å². The number of hydrogen-bond acceptors (Lipinski definition) is 2. The minimum atomic E-state index is -0.928. The molecule has 4 heteroatoms. The molecule has 0 aliphatic heterocycles. The molecule has 1 N–H and O–H groups in total. The number of rotatable bonds is 2. The first-order valence-electron chi connectivity index (χ1n) is 4.63. The van der Waals surface area contributed by atoms with Crippen LogP contribution in [0.1, 0.15) is 10.4 Å². The molecule has 0 saturated heterocycles. The van der Waals surface area contributed by atoms with Gasteiger partial charge in [0, 0.05) is 5.39 Å². The zero-order chi connectivity index (χ0) is 11.7. The standard InChI is InChI=1S/C12H9BrO3/c1-16-10-6-5-7-8(11(10)13)3-2-4-9(7)12(14)15/h2-6H,1H3,(H,14,15). The fourth-order valence-electron chi connectivity index (χ4n) is 1.65. The fourth-order valence-corrected chi connectivity index (χ4v) is 2.29. The number of benzene rings is 2. The second-order valence-corrected chi connectivity index (χ2v) is 4.08. The maximum Gasteiger partial charge on any atom is 0.336 e. The Morgan fingerprint density at radius 3 is 2.62 bits per heavy atom. The van der Waals surface area contributed by atoms with Gasteiger partial charge in [-0.25, -0.2) is 4.79 Å². The molecule has 16 heavy (non-hydrogen) atoms. The van der Waals surface area contributed by atoms with Crippen LogP contribution in [-0.2, 0) is 0 Å². The SMILES string of the molecule is COc1ccc2c(C(=O)O)cccc2c1Br. The summed E-state index contributed by atoms with van der Waals surface area (Å²) in [7, 11) is 1.58. The molecule has 0 bridgehead atoms. The van der Waals surface area contributed by atoms with Gasteiger partial charge in [-0.05, 0) is 39.5 Å². The third-order valence-corrected chi connectivity index (χ3v) is 3.23. The van der Waals surface area contributed by atoms with Crippen LogP contribution < -0.4 is 4.74 Å². The van der Waals surface area contributed by atoms with Crippen LogP contribution in [0.3, 0.4) is 0 Å². The fraction of sp³-hybridized carbons (Fsp3) is 0.0833. The highest BCUT2D eigenvalue weighted by molar-refractivity contribution is 9.10. The van der Waals surface area contributed by atoms with Crippen molar-refractivity contribution in [1.29, 1.82) is 0 Å². The summed E-state index contributed by atoms with van der Waals surface area (Å²) in [5, 5.41) is 10.6. The predicted molar refractivity (Wildman–Crippen MR) is 65.2 cm³/mol. The number of carboxylic acid groups (broad SMARTS) is 1. The molecule has 0 spiro atoms. The van der Waals surface area contributed by atoms with Gasteiger partial charge in [0.2, 0.25) is 0 Å². The largest absolute Gasteiger partial charge is 0.496 e. The number of fused-ring (bicyclic) bond motifs is 1. The number of ether oxygens (including phenoxy) is 1. The lowest BCUT2D eigenvalue weighted by Gasteiger charge is -2.08. The maximum atomic E-state index is 11.0. The van der Waals surface area contributed by atoms with Gasteiger partial charge in [-0.2, -0.15) is 0 Å². The zero-order valence-electron chi connectivity index (χ0n) is 8.53. The second-order valence-electron chi connectivity index (χ2n) is 3.29. The average molecular weight is 281 g/mol. The van der Waals surface area contributed by atoms with E-state index >= 15 is 0 Å². The molecule has 0 saturated carbocycles. The summed E-state index contributed by atoms with van der Waals surface area (Å²) in [6, 6.07) is 8.66. The molecule has 0 aliphatic carbocycles. The quantitative estimate of drug-likeness (QED) is 0.918. The summed E-state index contributed by atoms with van der Waals surface area (Å²) in [6.07, 6.45) is 0. The van der Waals surface area contributed by atoms with Crippen molar-refractivity contribution < 1.29 is 14.6 Å². The van der Waals surface area contributed by atoms with E-state index in [1.54, 1.807) is 31.4 Å². The highest BCUT2D eigenvalue weighted by atomic mass is 79.9. The molecule has 2 rings (SSSR count). The lowest BCUT2D eigenvalue weighted by molar-refractivity contribution is 0.0699. The van der Waals surface area contributed by atoms with Crippen molar-refractivity contribution in [3.63, 3.8) is 0 Å². The number of aromatic carboxylic acids is 1. The summed E-state index contributed by atoms with van der Waals surface area (Å²) in [5.74, 6) is -0.238. The number of hydrogen-bond donors (Lipinski definition) is 1. The maximum absolute atomic E-state index is 11.0. The van der Waals surface area contributed by atoms with Crippen LogP contribution in [0.5, 0.6) is 5.75 Å². The zero-order valence-corrected chi connectivity index (χ0v) is 10.1.